The van der Waals surface area contributed by atoms with Gasteiger partial charge < -0.3 is 18.3 Å². The monoisotopic (exact) mass is 944 g/mol. The molecule has 0 N–H and O–H groups in total. The van der Waals surface area contributed by atoms with Gasteiger partial charge in [0.15, 0.2) is 0 Å². The second kappa shape index (κ2) is 16.4. The van der Waals surface area contributed by atoms with Gasteiger partial charge in [0.2, 0.25) is 6.71 Å². The van der Waals surface area contributed by atoms with Crippen molar-refractivity contribution in [1.29, 1.82) is 0 Å². The van der Waals surface area contributed by atoms with Crippen LogP contribution in [0.25, 0.3) is 110 Å². The van der Waals surface area contributed by atoms with Crippen molar-refractivity contribution < 1.29 is 0 Å². The molecule has 348 valence electrons. The molecular weight excluding hydrogens is 896 g/mol. The van der Waals surface area contributed by atoms with Crippen LogP contribution in [0.2, 0.25) is 0 Å². The minimum absolute atomic E-state index is 0.0530. The molecule has 0 aliphatic carbocycles. The van der Waals surface area contributed by atoms with E-state index in [0.717, 1.165) is 22.7 Å². The Morgan fingerprint density at radius 3 is 1.07 bits per heavy atom. The second-order valence-corrected chi connectivity index (χ2v) is 20.3. The molecule has 15 rings (SSSR count). The Morgan fingerprint density at radius 2 is 0.608 bits per heavy atom. The number of aryl methyl sites for hydroxylation is 3. The van der Waals surface area contributed by atoms with Gasteiger partial charge in [-0.25, -0.2) is 0 Å². The Balaban J connectivity index is 0.947. The van der Waals surface area contributed by atoms with Gasteiger partial charge in [0.1, 0.15) is 0 Å². The van der Waals surface area contributed by atoms with Crippen LogP contribution < -0.4 is 16.4 Å². The van der Waals surface area contributed by atoms with Crippen molar-refractivity contribution in [1.82, 2.24) is 18.3 Å². The normalized spacial score (nSPS) is 12.0. The van der Waals surface area contributed by atoms with Crippen molar-refractivity contribution >= 4 is 110 Å². The summed E-state index contributed by atoms with van der Waals surface area (Å²) in [6.07, 6.45) is 0. The molecule has 0 saturated carbocycles. The van der Waals surface area contributed by atoms with Crippen molar-refractivity contribution in [2.75, 3.05) is 0 Å². The van der Waals surface area contributed by atoms with Crippen LogP contribution in [0, 0.1) is 20.8 Å². The summed E-state index contributed by atoms with van der Waals surface area (Å²) < 4.78 is 9.84. The average molecular weight is 945 g/mol. The fraction of sp³-hybridized carbons (Fsp3) is 0.0435. The Morgan fingerprint density at radius 1 is 0.257 bits per heavy atom. The fourth-order valence-electron chi connectivity index (χ4n) is 13.1. The van der Waals surface area contributed by atoms with E-state index in [1.807, 2.05) is 0 Å². The highest BCUT2D eigenvalue weighted by atomic mass is 15.0. The van der Waals surface area contributed by atoms with Gasteiger partial charge in [-0.1, -0.05) is 179 Å². The number of hydrogen-bond acceptors (Lipinski definition) is 0. The number of aromatic nitrogens is 4. The van der Waals surface area contributed by atoms with Gasteiger partial charge in [0, 0.05) is 65.8 Å². The molecule has 0 aliphatic rings. The van der Waals surface area contributed by atoms with Crippen molar-refractivity contribution in [2.45, 2.75) is 20.8 Å². The third kappa shape index (κ3) is 6.23. The number of para-hydroxylation sites is 6. The first-order valence-corrected chi connectivity index (χ1v) is 25.8. The molecule has 0 spiro atoms. The molecule has 0 aliphatic heterocycles. The molecular formula is C69H49BN4. The maximum absolute atomic E-state index is 2.50. The molecule has 0 radical (unpaired) electrons. The summed E-state index contributed by atoms with van der Waals surface area (Å²) in [6.45, 7) is 6.75. The third-order valence-corrected chi connectivity index (χ3v) is 15.9. The lowest BCUT2D eigenvalue weighted by Crippen LogP contribution is -2.54. The number of hydrogen-bond donors (Lipinski definition) is 0. The number of rotatable bonds is 7. The van der Waals surface area contributed by atoms with E-state index in [0.29, 0.717) is 0 Å². The minimum Gasteiger partial charge on any atom is -0.309 e. The molecule has 4 heterocycles. The van der Waals surface area contributed by atoms with Crippen molar-refractivity contribution in [2.24, 2.45) is 0 Å². The molecule has 0 unspecified atom stereocenters. The zero-order valence-electron chi connectivity index (χ0n) is 41.5. The van der Waals surface area contributed by atoms with Gasteiger partial charge in [-0.05, 0) is 118 Å². The lowest BCUT2D eigenvalue weighted by Gasteiger charge is -2.23. The van der Waals surface area contributed by atoms with Crippen LogP contribution in [0.3, 0.4) is 0 Å². The summed E-state index contributed by atoms with van der Waals surface area (Å²) in [6, 6.07) is 90.1. The molecule has 0 amide bonds. The molecule has 0 atom stereocenters. The minimum atomic E-state index is -0.0530. The number of benzene rings is 11. The number of fused-ring (bicyclic) bond motifs is 13. The molecule has 0 bridgehead atoms. The van der Waals surface area contributed by atoms with E-state index >= 15 is 0 Å². The van der Waals surface area contributed by atoms with Gasteiger partial charge in [0.25, 0.3) is 0 Å². The lowest BCUT2D eigenvalue weighted by molar-refractivity contribution is 1.17. The Kier molecular flexibility index (Phi) is 9.37. The zero-order valence-corrected chi connectivity index (χ0v) is 41.5. The zero-order chi connectivity index (χ0) is 49.2. The molecule has 0 fully saturated rings. The standard InChI is InChI=1S/C69H49BN4/c1-44-38-45(2)69(46(3)39-44)70(47-20-18-26-51(40-47)73-62-35-17-13-31-56(62)68-64(73)37-36-63-67(68)55-30-12-16-34-61(55)71(63)49-22-6-4-7-23-49)48-21-19-27-52(41-48)74-60-33-15-11-29-54(60)58-42-65-57(43-66(58)74)53-28-10-14-32-59(53)72(65)50-24-8-5-9-25-50/h4-43H,1-3H3. The van der Waals surface area contributed by atoms with E-state index < -0.39 is 0 Å². The SMILES string of the molecule is Cc1cc(C)c(B(c2cccc(-n3c4ccccc4c4cc5c(cc43)c3ccccc3n5-c3ccccc3)c2)c2cccc(-n3c4ccccc4c4c5c6ccccc6n(-c6ccccc6)c5ccc43)c2)c(C)c1. The first kappa shape index (κ1) is 42.4. The van der Waals surface area contributed by atoms with Crippen LogP contribution in [0.4, 0.5) is 0 Å². The lowest BCUT2D eigenvalue weighted by atomic mass is 9.35. The van der Waals surface area contributed by atoms with Crippen LogP contribution in [0.1, 0.15) is 16.7 Å². The van der Waals surface area contributed by atoms with Crippen LogP contribution >= 0.6 is 0 Å². The van der Waals surface area contributed by atoms with E-state index in [-0.39, 0.29) is 6.71 Å². The average Bonchev–Trinajstić information content (AvgIpc) is 4.22. The van der Waals surface area contributed by atoms with Crippen molar-refractivity contribution in [3.8, 4) is 22.7 Å². The van der Waals surface area contributed by atoms with Crippen LogP contribution in [0.5, 0.6) is 0 Å². The number of nitrogens with zero attached hydrogens (tertiary/aromatic N) is 4. The third-order valence-electron chi connectivity index (χ3n) is 15.9. The molecule has 4 aromatic heterocycles. The summed E-state index contributed by atoms with van der Waals surface area (Å²) in [5.41, 5.74) is 21.9. The van der Waals surface area contributed by atoms with E-state index in [4.69, 9.17) is 0 Å². The van der Waals surface area contributed by atoms with E-state index in [2.05, 4.69) is 282 Å². The summed E-state index contributed by atoms with van der Waals surface area (Å²) >= 11 is 0. The van der Waals surface area contributed by atoms with Gasteiger partial charge >= 0.3 is 0 Å². The molecule has 15 aromatic rings. The molecule has 4 nitrogen and oxygen atoms in total. The predicted molar refractivity (Wildman–Crippen MR) is 316 cm³/mol. The summed E-state index contributed by atoms with van der Waals surface area (Å²) in [7, 11) is 0. The van der Waals surface area contributed by atoms with Gasteiger partial charge in [0.05, 0.1) is 44.1 Å². The van der Waals surface area contributed by atoms with E-state index in [1.54, 1.807) is 0 Å². The first-order valence-electron chi connectivity index (χ1n) is 25.8. The molecule has 11 aromatic carbocycles. The van der Waals surface area contributed by atoms with Gasteiger partial charge in [-0.3, -0.25) is 0 Å². The van der Waals surface area contributed by atoms with E-state index in [9.17, 15) is 0 Å². The molecule has 5 heteroatoms. The molecule has 74 heavy (non-hydrogen) atoms. The highest BCUT2D eigenvalue weighted by Gasteiger charge is 2.28. The Hall–Kier alpha value is -9.32. The van der Waals surface area contributed by atoms with Crippen LogP contribution in [-0.2, 0) is 0 Å². The smallest absolute Gasteiger partial charge is 0.242 e. The fourth-order valence-corrected chi connectivity index (χ4v) is 13.1. The maximum Gasteiger partial charge on any atom is 0.242 e. The van der Waals surface area contributed by atoms with Crippen molar-refractivity contribution in [3.63, 3.8) is 0 Å². The Labute approximate surface area is 429 Å². The van der Waals surface area contributed by atoms with Gasteiger partial charge in [-0.2, -0.15) is 0 Å². The highest BCUT2D eigenvalue weighted by Crippen LogP contribution is 2.43. The molecule has 0 saturated heterocycles. The summed E-state index contributed by atoms with van der Waals surface area (Å²) in [5, 5.41) is 10.0. The topological polar surface area (TPSA) is 19.7 Å². The van der Waals surface area contributed by atoms with E-state index in [1.165, 1.54) is 120 Å². The highest BCUT2D eigenvalue weighted by molar-refractivity contribution is 6.96. The predicted octanol–water partition coefficient (Wildman–Crippen LogP) is 15.5. The van der Waals surface area contributed by atoms with Gasteiger partial charge in [-0.15, -0.1) is 0 Å². The van der Waals surface area contributed by atoms with Crippen LogP contribution in [0.15, 0.2) is 243 Å². The summed E-state index contributed by atoms with van der Waals surface area (Å²) in [5.74, 6) is 0. The summed E-state index contributed by atoms with van der Waals surface area (Å²) in [4.78, 5) is 0. The first-order chi connectivity index (χ1) is 36.5. The quantitative estimate of drug-likeness (QED) is 0.142. The van der Waals surface area contributed by atoms with Crippen LogP contribution in [-0.4, -0.2) is 25.0 Å². The maximum atomic E-state index is 2.50. The largest absolute Gasteiger partial charge is 0.309 e. The Bertz CT molecular complexity index is 4650. The van der Waals surface area contributed by atoms with Crippen molar-refractivity contribution in [3.05, 3.63) is 259 Å². The second-order valence-electron chi connectivity index (χ2n) is 20.3.